The summed E-state index contributed by atoms with van der Waals surface area (Å²) in [5, 5.41) is 29.4. The smallest absolute Gasteiger partial charge is 0.341 e. The molecule has 7 heteroatoms. The van der Waals surface area contributed by atoms with Gasteiger partial charge in [0.15, 0.2) is 18.1 Å². The van der Waals surface area contributed by atoms with Gasteiger partial charge in [0, 0.05) is 25.2 Å². The lowest BCUT2D eigenvalue weighted by Gasteiger charge is -2.32. The molecule has 0 aromatic heterocycles. The molecule has 2 aliphatic rings. The van der Waals surface area contributed by atoms with Crippen LogP contribution < -0.4 is 14.2 Å². The number of aliphatic carboxylic acids is 1. The molecule has 1 heterocycles. The Morgan fingerprint density at radius 1 is 1.38 bits per heavy atom. The van der Waals surface area contributed by atoms with Gasteiger partial charge in [-0.3, -0.25) is 0 Å². The van der Waals surface area contributed by atoms with E-state index < -0.39 is 37.0 Å². The van der Waals surface area contributed by atoms with Crippen molar-refractivity contribution in [1.82, 2.24) is 0 Å². The molecule has 0 radical (unpaired) electrons. The molecule has 0 saturated heterocycles. The van der Waals surface area contributed by atoms with E-state index in [1.54, 1.807) is 30.4 Å². The van der Waals surface area contributed by atoms with Crippen LogP contribution in [-0.4, -0.2) is 52.3 Å². The van der Waals surface area contributed by atoms with E-state index in [0.29, 0.717) is 36.5 Å². The lowest BCUT2D eigenvalue weighted by atomic mass is 10.0. The summed E-state index contributed by atoms with van der Waals surface area (Å²) in [6, 6.07) is 5.02. The van der Waals surface area contributed by atoms with Gasteiger partial charge in [0.1, 0.15) is 12.2 Å². The maximum Gasteiger partial charge on any atom is 0.341 e. The monoisotopic (exact) mass is 402 g/mol. The molecule has 7 nitrogen and oxygen atoms in total. The molecule has 1 fully saturated rings. The number of hydrogen-bond donors (Lipinski definition) is 3. The van der Waals surface area contributed by atoms with Crippen LogP contribution in [0.5, 0.6) is 17.2 Å². The molecule has 1 aliphatic carbocycles. The highest BCUT2D eigenvalue weighted by Crippen LogP contribution is 2.46. The van der Waals surface area contributed by atoms with Crippen LogP contribution in [0.1, 0.15) is 32.6 Å². The zero-order valence-electron chi connectivity index (χ0n) is 16.3. The van der Waals surface area contributed by atoms with Crippen molar-refractivity contribution in [3.8, 4) is 29.1 Å². The topological polar surface area (TPSA) is 105 Å². The number of rotatable bonds is 7. The predicted molar refractivity (Wildman–Crippen MR) is 105 cm³/mol. The third kappa shape index (κ3) is 5.22. The Kier molecular flexibility index (Phi) is 7.02. The number of hydrogen-bond acceptors (Lipinski definition) is 6. The fourth-order valence-electron chi connectivity index (χ4n) is 3.55. The molecule has 3 N–H and O–H groups in total. The summed E-state index contributed by atoms with van der Waals surface area (Å²) in [6.45, 7) is 1.50. The molecule has 3 rings (SSSR count). The molecular formula is C22H26O7. The summed E-state index contributed by atoms with van der Waals surface area (Å²) in [4.78, 5) is 10.8. The second-order valence-corrected chi connectivity index (χ2v) is 7.08. The van der Waals surface area contributed by atoms with Gasteiger partial charge < -0.3 is 29.5 Å². The van der Waals surface area contributed by atoms with Gasteiger partial charge in [0.25, 0.3) is 0 Å². The molecule has 1 aromatic carbocycles. The van der Waals surface area contributed by atoms with E-state index in [9.17, 15) is 15.0 Å². The molecule has 29 heavy (non-hydrogen) atoms. The average Bonchev–Trinajstić information content (AvgIpc) is 3.00. The van der Waals surface area contributed by atoms with Crippen LogP contribution in [0.2, 0.25) is 0 Å². The SMILES string of the molecule is CCC#CCCC(O)C=CC1C(O)CC2Oc3c(OCC(=O)O)cccc3OC21. The van der Waals surface area contributed by atoms with Gasteiger partial charge in [-0.05, 0) is 18.6 Å². The van der Waals surface area contributed by atoms with Crippen molar-refractivity contribution in [1.29, 1.82) is 0 Å². The molecule has 5 unspecified atom stereocenters. The maximum atomic E-state index is 10.8. The minimum atomic E-state index is -1.09. The van der Waals surface area contributed by atoms with Gasteiger partial charge in [-0.15, -0.1) is 11.8 Å². The van der Waals surface area contributed by atoms with Crippen molar-refractivity contribution < 1.29 is 34.3 Å². The standard InChI is InChI=1S/C22H26O7/c1-2-3-4-5-7-14(23)10-11-15-16(24)12-19-21(15)28-18-9-6-8-17(22(18)29-19)27-13-20(25)26/h6,8-11,14-16,19,21,23-24H,2,5,7,12-13H2,1H3,(H,25,26). The molecule has 0 amide bonds. The summed E-state index contributed by atoms with van der Waals surface area (Å²) in [5.74, 6) is 5.64. The Morgan fingerprint density at radius 3 is 2.97 bits per heavy atom. The molecule has 5 atom stereocenters. The van der Waals surface area contributed by atoms with Crippen LogP contribution in [0.15, 0.2) is 30.4 Å². The van der Waals surface area contributed by atoms with Gasteiger partial charge in [-0.1, -0.05) is 25.1 Å². The first-order chi connectivity index (χ1) is 14.0. The highest BCUT2D eigenvalue weighted by Gasteiger charge is 2.47. The molecular weight excluding hydrogens is 376 g/mol. The minimum absolute atomic E-state index is 0.292. The number of carboxylic acid groups (broad SMARTS) is 1. The lowest BCUT2D eigenvalue weighted by molar-refractivity contribution is -0.139. The van der Waals surface area contributed by atoms with Gasteiger partial charge in [0.05, 0.1) is 12.2 Å². The van der Waals surface area contributed by atoms with Crippen LogP contribution in [0, 0.1) is 17.8 Å². The Labute approximate surface area is 169 Å². The summed E-state index contributed by atoms with van der Waals surface area (Å²) in [6.07, 6.45) is 3.66. The van der Waals surface area contributed by atoms with Crippen molar-refractivity contribution in [2.24, 2.45) is 5.92 Å². The van der Waals surface area contributed by atoms with Gasteiger partial charge in [-0.2, -0.15) is 0 Å². The fraction of sp³-hybridized carbons (Fsp3) is 0.500. The predicted octanol–water partition coefficient (Wildman–Crippen LogP) is 2.15. The number of ether oxygens (including phenoxy) is 3. The zero-order valence-corrected chi connectivity index (χ0v) is 16.3. The van der Waals surface area contributed by atoms with Crippen LogP contribution in [-0.2, 0) is 4.79 Å². The van der Waals surface area contributed by atoms with Gasteiger partial charge in [0.2, 0.25) is 5.75 Å². The number of carboxylic acids is 1. The number of carbonyl (C=O) groups is 1. The van der Waals surface area contributed by atoms with E-state index in [2.05, 4.69) is 11.8 Å². The van der Waals surface area contributed by atoms with E-state index in [-0.39, 0.29) is 5.92 Å². The quantitative estimate of drug-likeness (QED) is 0.474. The normalized spacial score (nSPS) is 25.8. The number of para-hydroxylation sites is 1. The van der Waals surface area contributed by atoms with E-state index in [4.69, 9.17) is 19.3 Å². The van der Waals surface area contributed by atoms with Crippen LogP contribution >= 0.6 is 0 Å². The first-order valence-corrected chi connectivity index (χ1v) is 9.80. The number of aliphatic hydroxyl groups is 2. The first kappa shape index (κ1) is 21.0. The maximum absolute atomic E-state index is 10.8. The zero-order chi connectivity index (χ0) is 20.8. The fourth-order valence-corrected chi connectivity index (χ4v) is 3.55. The van der Waals surface area contributed by atoms with Crippen LogP contribution in [0.3, 0.4) is 0 Å². The molecule has 1 saturated carbocycles. The second-order valence-electron chi connectivity index (χ2n) is 7.08. The lowest BCUT2D eigenvalue weighted by Crippen LogP contribution is -2.39. The molecule has 156 valence electrons. The van der Waals surface area contributed by atoms with E-state index in [0.717, 1.165) is 6.42 Å². The Balaban J connectivity index is 1.67. The Hall–Kier alpha value is -2.69. The van der Waals surface area contributed by atoms with Crippen molar-refractivity contribution in [2.45, 2.75) is 57.0 Å². The number of aliphatic hydroxyl groups excluding tert-OH is 2. The van der Waals surface area contributed by atoms with E-state index in [1.807, 2.05) is 6.92 Å². The molecule has 0 bridgehead atoms. The summed E-state index contributed by atoms with van der Waals surface area (Å²) in [7, 11) is 0. The third-order valence-electron chi connectivity index (χ3n) is 4.91. The van der Waals surface area contributed by atoms with E-state index >= 15 is 0 Å². The highest BCUT2D eigenvalue weighted by molar-refractivity contribution is 5.68. The molecule has 0 spiro atoms. The number of fused-ring (bicyclic) bond motifs is 2. The first-order valence-electron chi connectivity index (χ1n) is 9.80. The van der Waals surface area contributed by atoms with Crippen molar-refractivity contribution in [2.75, 3.05) is 6.61 Å². The van der Waals surface area contributed by atoms with Crippen molar-refractivity contribution in [3.63, 3.8) is 0 Å². The molecule has 1 aliphatic heterocycles. The van der Waals surface area contributed by atoms with E-state index in [1.165, 1.54) is 0 Å². The Morgan fingerprint density at radius 2 is 2.21 bits per heavy atom. The van der Waals surface area contributed by atoms with Crippen LogP contribution in [0.25, 0.3) is 0 Å². The summed E-state index contributed by atoms with van der Waals surface area (Å²) >= 11 is 0. The minimum Gasteiger partial charge on any atom is -0.482 e. The largest absolute Gasteiger partial charge is 0.482 e. The average molecular weight is 402 g/mol. The summed E-state index contributed by atoms with van der Waals surface area (Å²) < 4.78 is 17.3. The van der Waals surface area contributed by atoms with Crippen molar-refractivity contribution >= 4 is 5.97 Å². The highest BCUT2D eigenvalue weighted by atomic mass is 16.6. The van der Waals surface area contributed by atoms with Gasteiger partial charge in [-0.25, -0.2) is 4.79 Å². The van der Waals surface area contributed by atoms with Crippen LogP contribution in [0.4, 0.5) is 0 Å². The van der Waals surface area contributed by atoms with Gasteiger partial charge >= 0.3 is 5.97 Å². The molecule has 1 aromatic rings. The Bertz CT molecular complexity index is 807. The summed E-state index contributed by atoms with van der Waals surface area (Å²) in [5.41, 5.74) is 0. The number of benzene rings is 1. The third-order valence-corrected chi connectivity index (χ3v) is 4.91. The van der Waals surface area contributed by atoms with Crippen molar-refractivity contribution in [3.05, 3.63) is 30.4 Å². The second kappa shape index (κ2) is 9.68.